The number of hydrogen-bond donors (Lipinski definition) is 3. The summed E-state index contributed by atoms with van der Waals surface area (Å²) in [6, 6.07) is 0.236. The van der Waals surface area contributed by atoms with Crippen LogP contribution in [0.25, 0.3) is 0 Å². The van der Waals surface area contributed by atoms with Crippen LogP contribution in [0.1, 0.15) is 19.3 Å². The minimum Gasteiger partial charge on any atom is -0.409 e. The second-order valence-corrected chi connectivity index (χ2v) is 3.32. The molecule has 14 heavy (non-hydrogen) atoms. The van der Waals surface area contributed by atoms with Gasteiger partial charge in [0.05, 0.1) is 0 Å². The lowest BCUT2D eigenvalue weighted by Crippen LogP contribution is -2.41. The molecule has 0 radical (unpaired) electrons. The SMILES string of the molecule is CNC(=O)N(CCC(N)=NO)C1CC1. The van der Waals surface area contributed by atoms with Crippen molar-refractivity contribution in [3.05, 3.63) is 0 Å². The molecule has 0 aliphatic heterocycles. The fourth-order valence-electron chi connectivity index (χ4n) is 1.26. The summed E-state index contributed by atoms with van der Waals surface area (Å²) < 4.78 is 0. The normalized spacial score (nSPS) is 16.5. The number of carbonyl (C=O) groups is 1. The summed E-state index contributed by atoms with van der Waals surface area (Å²) in [5, 5.41) is 13.8. The summed E-state index contributed by atoms with van der Waals surface area (Å²) in [5.74, 6) is 0.152. The van der Waals surface area contributed by atoms with Crippen LogP contribution in [0.15, 0.2) is 5.16 Å². The highest BCUT2D eigenvalue weighted by molar-refractivity contribution is 5.81. The van der Waals surface area contributed by atoms with E-state index in [9.17, 15) is 4.79 Å². The van der Waals surface area contributed by atoms with Crippen LogP contribution in [0.3, 0.4) is 0 Å². The zero-order valence-electron chi connectivity index (χ0n) is 8.23. The van der Waals surface area contributed by atoms with Crippen LogP contribution in [0, 0.1) is 0 Å². The van der Waals surface area contributed by atoms with Gasteiger partial charge in [-0.25, -0.2) is 4.79 Å². The smallest absolute Gasteiger partial charge is 0.317 e. The molecule has 0 heterocycles. The van der Waals surface area contributed by atoms with E-state index in [1.807, 2.05) is 0 Å². The van der Waals surface area contributed by atoms with E-state index >= 15 is 0 Å². The van der Waals surface area contributed by atoms with E-state index in [1.165, 1.54) is 0 Å². The number of oxime groups is 1. The van der Waals surface area contributed by atoms with Crippen LogP contribution in [-0.2, 0) is 0 Å². The lowest BCUT2D eigenvalue weighted by Gasteiger charge is -2.21. The number of amidine groups is 1. The second kappa shape index (κ2) is 4.69. The van der Waals surface area contributed by atoms with Gasteiger partial charge in [0.25, 0.3) is 0 Å². The second-order valence-electron chi connectivity index (χ2n) is 3.32. The van der Waals surface area contributed by atoms with E-state index in [-0.39, 0.29) is 11.9 Å². The van der Waals surface area contributed by atoms with E-state index in [2.05, 4.69) is 10.5 Å². The van der Waals surface area contributed by atoms with Gasteiger partial charge in [-0.05, 0) is 12.8 Å². The third-order valence-corrected chi connectivity index (χ3v) is 2.20. The lowest BCUT2D eigenvalue weighted by molar-refractivity contribution is 0.198. The number of carbonyl (C=O) groups excluding carboxylic acids is 1. The van der Waals surface area contributed by atoms with Gasteiger partial charge in [-0.3, -0.25) is 0 Å². The average molecular weight is 200 g/mol. The third-order valence-electron chi connectivity index (χ3n) is 2.20. The molecule has 1 saturated carbocycles. The third kappa shape index (κ3) is 2.79. The van der Waals surface area contributed by atoms with E-state index in [4.69, 9.17) is 10.9 Å². The molecule has 0 unspecified atom stereocenters. The fourth-order valence-corrected chi connectivity index (χ4v) is 1.26. The van der Waals surface area contributed by atoms with Gasteiger partial charge in [-0.15, -0.1) is 0 Å². The van der Waals surface area contributed by atoms with Crippen LogP contribution in [-0.4, -0.2) is 41.6 Å². The van der Waals surface area contributed by atoms with Crippen molar-refractivity contribution in [3.8, 4) is 0 Å². The molecule has 80 valence electrons. The number of urea groups is 1. The van der Waals surface area contributed by atoms with Crippen LogP contribution in [0.2, 0.25) is 0 Å². The first-order chi connectivity index (χ1) is 6.69. The maximum Gasteiger partial charge on any atom is 0.317 e. The Morgan fingerprint density at radius 3 is 2.79 bits per heavy atom. The predicted molar refractivity (Wildman–Crippen MR) is 52.2 cm³/mol. The summed E-state index contributed by atoms with van der Waals surface area (Å²) in [7, 11) is 1.60. The topological polar surface area (TPSA) is 91.0 Å². The molecule has 2 amide bonds. The summed E-state index contributed by atoms with van der Waals surface area (Å²) in [6.07, 6.45) is 2.49. The Bertz CT molecular complexity index is 237. The molecule has 6 nitrogen and oxygen atoms in total. The molecule has 1 rings (SSSR count). The van der Waals surface area contributed by atoms with Crippen molar-refractivity contribution in [3.63, 3.8) is 0 Å². The summed E-state index contributed by atoms with van der Waals surface area (Å²) >= 11 is 0. The first-order valence-electron chi connectivity index (χ1n) is 4.63. The van der Waals surface area contributed by atoms with Gasteiger partial charge in [0.15, 0.2) is 0 Å². The van der Waals surface area contributed by atoms with Crippen molar-refractivity contribution < 1.29 is 10.0 Å². The number of nitrogens with two attached hydrogens (primary N) is 1. The zero-order chi connectivity index (χ0) is 10.6. The van der Waals surface area contributed by atoms with E-state index in [0.717, 1.165) is 12.8 Å². The standard InChI is InChI=1S/C8H16N4O2/c1-10-8(13)12(6-2-3-6)5-4-7(9)11-14/h6,14H,2-5H2,1H3,(H2,9,11)(H,10,13). The molecule has 0 atom stereocenters. The molecule has 0 bridgehead atoms. The first kappa shape index (κ1) is 10.6. The summed E-state index contributed by atoms with van der Waals surface area (Å²) in [4.78, 5) is 13.1. The molecule has 0 saturated heterocycles. The monoisotopic (exact) mass is 200 g/mol. The van der Waals surface area contributed by atoms with Gasteiger partial charge in [-0.1, -0.05) is 5.16 Å². The molecule has 1 aliphatic rings. The van der Waals surface area contributed by atoms with Crippen molar-refractivity contribution in [2.75, 3.05) is 13.6 Å². The van der Waals surface area contributed by atoms with Gasteiger partial charge in [0.1, 0.15) is 5.84 Å². The van der Waals surface area contributed by atoms with Crippen LogP contribution in [0.5, 0.6) is 0 Å². The number of amides is 2. The Kier molecular flexibility index (Phi) is 3.55. The van der Waals surface area contributed by atoms with Crippen LogP contribution < -0.4 is 11.1 Å². The molecule has 4 N–H and O–H groups in total. The maximum absolute atomic E-state index is 11.4. The van der Waals surface area contributed by atoms with E-state index < -0.39 is 0 Å². The molecule has 0 aromatic rings. The minimum atomic E-state index is -0.0989. The van der Waals surface area contributed by atoms with Crippen LogP contribution >= 0.6 is 0 Å². The highest BCUT2D eigenvalue weighted by Gasteiger charge is 2.31. The van der Waals surface area contributed by atoms with E-state index in [0.29, 0.717) is 19.0 Å². The molecule has 0 aromatic carbocycles. The molecule has 0 aromatic heterocycles. The van der Waals surface area contributed by atoms with Gasteiger partial charge in [-0.2, -0.15) is 0 Å². The summed E-state index contributed by atoms with van der Waals surface area (Å²) in [5.41, 5.74) is 5.33. The molecular formula is C8H16N4O2. The number of hydrogen-bond acceptors (Lipinski definition) is 3. The number of nitrogens with one attached hydrogen (secondary N) is 1. The average Bonchev–Trinajstić information content (AvgIpc) is 3.01. The minimum absolute atomic E-state index is 0.0989. The Morgan fingerprint density at radius 1 is 1.71 bits per heavy atom. The Hall–Kier alpha value is -1.46. The Labute approximate surface area is 82.7 Å². The molecule has 1 aliphatic carbocycles. The van der Waals surface area contributed by atoms with Crippen molar-refractivity contribution in [1.82, 2.24) is 10.2 Å². The Morgan fingerprint density at radius 2 is 2.36 bits per heavy atom. The first-order valence-corrected chi connectivity index (χ1v) is 4.63. The van der Waals surface area contributed by atoms with Crippen molar-refractivity contribution in [1.29, 1.82) is 0 Å². The quantitative estimate of drug-likeness (QED) is 0.257. The van der Waals surface area contributed by atoms with Crippen LogP contribution in [0.4, 0.5) is 4.79 Å². The molecule has 6 heteroatoms. The molecular weight excluding hydrogens is 184 g/mol. The van der Waals surface area contributed by atoms with Gasteiger partial charge in [0.2, 0.25) is 0 Å². The Balaban J connectivity index is 2.39. The molecule has 1 fully saturated rings. The number of nitrogens with zero attached hydrogens (tertiary/aromatic N) is 2. The number of rotatable bonds is 4. The predicted octanol–water partition coefficient (Wildman–Crippen LogP) is -0.0733. The van der Waals surface area contributed by atoms with Crippen molar-refractivity contribution in [2.45, 2.75) is 25.3 Å². The maximum atomic E-state index is 11.4. The van der Waals surface area contributed by atoms with E-state index in [1.54, 1.807) is 11.9 Å². The highest BCUT2D eigenvalue weighted by atomic mass is 16.4. The summed E-state index contributed by atoms with van der Waals surface area (Å²) in [6.45, 7) is 0.500. The fraction of sp³-hybridized carbons (Fsp3) is 0.750. The van der Waals surface area contributed by atoms with Crippen molar-refractivity contribution >= 4 is 11.9 Å². The highest BCUT2D eigenvalue weighted by Crippen LogP contribution is 2.26. The molecule has 0 spiro atoms. The van der Waals surface area contributed by atoms with Gasteiger partial charge >= 0.3 is 6.03 Å². The van der Waals surface area contributed by atoms with Gasteiger partial charge in [0, 0.05) is 26.1 Å². The zero-order valence-corrected chi connectivity index (χ0v) is 8.23. The van der Waals surface area contributed by atoms with Crippen molar-refractivity contribution in [2.24, 2.45) is 10.9 Å². The lowest BCUT2D eigenvalue weighted by atomic mass is 10.3. The van der Waals surface area contributed by atoms with Gasteiger partial charge < -0.3 is 21.2 Å². The largest absolute Gasteiger partial charge is 0.409 e.